The van der Waals surface area contributed by atoms with Gasteiger partial charge in [0.2, 0.25) is 18.0 Å². The van der Waals surface area contributed by atoms with Gasteiger partial charge in [-0.25, -0.2) is 18.3 Å². The predicted molar refractivity (Wildman–Crippen MR) is 147 cm³/mol. The standard InChI is InChI=1S/C25H35F2N6O8P/c1-7-38-20-18-19(30-23(28)31-20)33(14-29-18)24(5,35)22(26)25(27,37-6)13-39-42(36,41-17-11-9-8-10-12-17)32-16(4)21(34)40-15(2)3/h8-12,14-16,22,35H,7,13H2,1-6H3,(H,32,36)(H2,28,30,31)/t16?,22-,24+,25+,42?/m0/s1. The molecule has 5 atom stereocenters. The van der Waals surface area contributed by atoms with Gasteiger partial charge in [-0.05, 0) is 46.8 Å². The van der Waals surface area contributed by atoms with Gasteiger partial charge in [0.25, 0.3) is 5.85 Å². The number of anilines is 1. The van der Waals surface area contributed by atoms with Crippen LogP contribution >= 0.6 is 7.75 Å². The fourth-order valence-corrected chi connectivity index (χ4v) is 5.24. The first kappa shape index (κ1) is 33.1. The summed E-state index contributed by atoms with van der Waals surface area (Å²) in [5.41, 5.74) is 2.89. The average molecular weight is 617 g/mol. The molecule has 0 aliphatic carbocycles. The summed E-state index contributed by atoms with van der Waals surface area (Å²) < 4.78 is 72.7. The van der Waals surface area contributed by atoms with Crippen molar-refractivity contribution in [2.75, 3.05) is 26.1 Å². The Kier molecular flexibility index (Phi) is 10.4. The molecule has 0 aliphatic heterocycles. The summed E-state index contributed by atoms with van der Waals surface area (Å²) >= 11 is 0. The van der Waals surface area contributed by atoms with Crippen molar-refractivity contribution in [1.82, 2.24) is 24.6 Å². The first-order chi connectivity index (χ1) is 19.7. The highest BCUT2D eigenvalue weighted by molar-refractivity contribution is 7.52. The number of aliphatic hydroxyl groups is 1. The van der Waals surface area contributed by atoms with E-state index in [2.05, 4.69) is 20.0 Å². The van der Waals surface area contributed by atoms with E-state index in [0.717, 1.165) is 24.9 Å². The smallest absolute Gasteiger partial charge is 0.459 e. The van der Waals surface area contributed by atoms with E-state index in [1.807, 2.05) is 0 Å². The molecule has 232 valence electrons. The molecule has 0 amide bonds. The van der Waals surface area contributed by atoms with Crippen LogP contribution in [0, 0.1) is 0 Å². The van der Waals surface area contributed by atoms with Gasteiger partial charge in [-0.1, -0.05) is 18.2 Å². The van der Waals surface area contributed by atoms with Crippen molar-refractivity contribution in [2.45, 2.75) is 64.5 Å². The zero-order chi connectivity index (χ0) is 31.3. The Morgan fingerprint density at radius 2 is 1.90 bits per heavy atom. The van der Waals surface area contributed by atoms with Crippen LogP contribution in [0.15, 0.2) is 36.7 Å². The lowest BCUT2D eigenvalue weighted by Gasteiger charge is -2.37. The lowest BCUT2D eigenvalue weighted by Crippen LogP contribution is -2.54. The number of alkyl halides is 2. The van der Waals surface area contributed by atoms with Gasteiger partial charge in [0.15, 0.2) is 16.9 Å². The van der Waals surface area contributed by atoms with Gasteiger partial charge in [0.1, 0.15) is 18.4 Å². The highest BCUT2D eigenvalue weighted by Gasteiger charge is 2.54. The number of benzene rings is 1. The number of nitrogens with one attached hydrogen (secondary N) is 1. The Bertz CT molecular complexity index is 1410. The number of nitrogens with zero attached hydrogens (tertiary/aromatic N) is 4. The highest BCUT2D eigenvalue weighted by atomic mass is 31.2. The predicted octanol–water partition coefficient (Wildman–Crippen LogP) is 3.26. The van der Waals surface area contributed by atoms with Crippen LogP contribution in [-0.4, -0.2) is 75.1 Å². The highest BCUT2D eigenvalue weighted by Crippen LogP contribution is 2.47. The summed E-state index contributed by atoms with van der Waals surface area (Å²) in [5.74, 6) is -4.48. The number of hydrogen-bond donors (Lipinski definition) is 3. The second-order valence-electron chi connectivity index (χ2n) is 9.57. The molecule has 2 aromatic heterocycles. The number of para-hydroxylation sites is 1. The van der Waals surface area contributed by atoms with Crippen LogP contribution in [0.2, 0.25) is 0 Å². The number of nitrogens with two attached hydrogens (primary N) is 1. The van der Waals surface area contributed by atoms with Crippen LogP contribution < -0.4 is 20.1 Å². The molecule has 42 heavy (non-hydrogen) atoms. The number of ether oxygens (including phenoxy) is 3. The zero-order valence-corrected chi connectivity index (χ0v) is 24.9. The minimum absolute atomic E-state index is 0.0262. The zero-order valence-electron chi connectivity index (χ0n) is 24.0. The van der Waals surface area contributed by atoms with Gasteiger partial charge < -0.3 is 29.6 Å². The molecule has 0 aliphatic rings. The van der Waals surface area contributed by atoms with Crippen molar-refractivity contribution in [2.24, 2.45) is 0 Å². The lowest BCUT2D eigenvalue weighted by atomic mass is 10.0. The largest absolute Gasteiger partial charge is 0.476 e. The number of halogens is 2. The van der Waals surface area contributed by atoms with Crippen LogP contribution in [0.25, 0.3) is 11.2 Å². The van der Waals surface area contributed by atoms with Crippen molar-refractivity contribution >= 4 is 30.8 Å². The van der Waals surface area contributed by atoms with Gasteiger partial charge in [-0.15, -0.1) is 0 Å². The maximum Gasteiger partial charge on any atom is 0.459 e. The quantitative estimate of drug-likeness (QED) is 0.167. The SMILES string of the molecule is CCOc1nc(N)nc2c1ncn2[C@](C)(O)[C@H](F)[C@@](F)(COP(=O)(NC(C)C(=O)OC(C)C)Oc1ccccc1)OC. The molecule has 2 heterocycles. The Balaban J connectivity index is 1.91. The van der Waals surface area contributed by atoms with E-state index in [0.29, 0.717) is 0 Å². The molecule has 3 rings (SSSR count). The molecular formula is C25H35F2N6O8P. The molecule has 0 bridgehead atoms. The molecule has 4 N–H and O–H groups in total. The Morgan fingerprint density at radius 1 is 1.24 bits per heavy atom. The number of carbonyl (C=O) groups excluding carboxylic acids is 1. The second-order valence-corrected chi connectivity index (χ2v) is 11.3. The molecule has 0 radical (unpaired) electrons. The van der Waals surface area contributed by atoms with Crippen molar-refractivity contribution in [3.05, 3.63) is 36.7 Å². The van der Waals surface area contributed by atoms with Gasteiger partial charge in [0.05, 0.1) is 19.0 Å². The van der Waals surface area contributed by atoms with E-state index in [1.54, 1.807) is 39.0 Å². The Morgan fingerprint density at radius 3 is 2.50 bits per heavy atom. The number of esters is 1. The van der Waals surface area contributed by atoms with Crippen LogP contribution in [0.5, 0.6) is 11.6 Å². The molecule has 1 aromatic carbocycles. The fourth-order valence-electron chi connectivity index (χ4n) is 3.73. The Labute approximate surface area is 241 Å². The van der Waals surface area contributed by atoms with Crippen LogP contribution in [0.3, 0.4) is 0 Å². The summed E-state index contributed by atoms with van der Waals surface area (Å²) in [6.07, 6.45) is -2.40. The number of methoxy groups -OCH3 is 1. The van der Waals surface area contributed by atoms with E-state index in [1.165, 1.54) is 19.1 Å². The maximum atomic E-state index is 16.1. The number of aromatic nitrogens is 4. The van der Waals surface area contributed by atoms with Crippen molar-refractivity contribution in [3.8, 4) is 11.6 Å². The number of rotatable bonds is 15. The molecule has 2 unspecified atom stereocenters. The van der Waals surface area contributed by atoms with Crippen LogP contribution in [0.4, 0.5) is 14.7 Å². The van der Waals surface area contributed by atoms with Crippen molar-refractivity contribution in [3.63, 3.8) is 0 Å². The number of carbonyl (C=O) groups is 1. The normalized spacial score (nSPS) is 17.6. The third kappa shape index (κ3) is 7.50. The Hall–Kier alpha value is -3.43. The first-order valence-electron chi connectivity index (χ1n) is 12.9. The molecule has 0 saturated heterocycles. The number of fused-ring (bicyclic) bond motifs is 1. The third-order valence-electron chi connectivity index (χ3n) is 5.81. The fraction of sp³-hybridized carbons (Fsp3) is 0.520. The van der Waals surface area contributed by atoms with E-state index in [9.17, 15) is 14.5 Å². The minimum atomic E-state index is -4.61. The molecule has 3 aromatic rings. The van der Waals surface area contributed by atoms with Crippen molar-refractivity contribution in [1.29, 1.82) is 0 Å². The molecule has 0 fully saturated rings. The molecule has 17 heteroatoms. The van der Waals surface area contributed by atoms with Crippen molar-refractivity contribution < 1.29 is 46.5 Å². The number of nitrogen functional groups attached to an aromatic ring is 1. The third-order valence-corrected chi connectivity index (χ3v) is 7.43. The van der Waals surface area contributed by atoms with Gasteiger partial charge >= 0.3 is 13.7 Å². The van der Waals surface area contributed by atoms with Crippen LogP contribution in [0.1, 0.15) is 34.6 Å². The first-order valence-corrected chi connectivity index (χ1v) is 14.4. The number of imidazole rings is 1. The molecule has 14 nitrogen and oxygen atoms in total. The summed E-state index contributed by atoms with van der Waals surface area (Å²) in [4.78, 5) is 24.3. The van der Waals surface area contributed by atoms with E-state index in [-0.39, 0.29) is 35.3 Å². The summed E-state index contributed by atoms with van der Waals surface area (Å²) in [5, 5.41) is 13.6. The summed E-state index contributed by atoms with van der Waals surface area (Å²) in [6.45, 7) is 6.02. The second kappa shape index (κ2) is 13.3. The van der Waals surface area contributed by atoms with E-state index in [4.69, 9.17) is 29.0 Å². The minimum Gasteiger partial charge on any atom is -0.476 e. The maximum absolute atomic E-state index is 16.1. The number of hydrogen-bond acceptors (Lipinski definition) is 12. The lowest BCUT2D eigenvalue weighted by molar-refractivity contribution is -0.248. The van der Waals surface area contributed by atoms with Gasteiger partial charge in [0, 0.05) is 7.11 Å². The monoisotopic (exact) mass is 616 g/mol. The molecular weight excluding hydrogens is 581 g/mol. The summed E-state index contributed by atoms with van der Waals surface area (Å²) in [6, 6.07) is 6.43. The van der Waals surface area contributed by atoms with Crippen LogP contribution in [-0.2, 0) is 29.1 Å². The molecule has 0 saturated carbocycles. The summed E-state index contributed by atoms with van der Waals surface area (Å²) in [7, 11) is -3.78. The average Bonchev–Trinajstić information content (AvgIpc) is 3.36. The van der Waals surface area contributed by atoms with E-state index < -0.39 is 50.2 Å². The van der Waals surface area contributed by atoms with E-state index >= 15 is 8.78 Å². The molecule has 0 spiro atoms. The van der Waals surface area contributed by atoms with Gasteiger partial charge in [-0.3, -0.25) is 13.9 Å². The van der Waals surface area contributed by atoms with Gasteiger partial charge in [-0.2, -0.15) is 15.1 Å². The topological polar surface area (TPSA) is 182 Å².